The fourth-order valence-corrected chi connectivity index (χ4v) is 4.41. The minimum absolute atomic E-state index is 0.263. The Morgan fingerprint density at radius 1 is 1.14 bits per heavy atom. The number of Topliss-reactive ketones (excluding diaryl/α,β-unsaturated/α-hetero) is 1. The number of hydrogen-bond donors (Lipinski definition) is 0. The highest BCUT2D eigenvalue weighted by molar-refractivity contribution is 7.25. The molecule has 1 fully saturated rings. The molecular formula is C20H20OS. The van der Waals surface area contributed by atoms with Crippen LogP contribution >= 0.6 is 11.3 Å². The van der Waals surface area contributed by atoms with Crippen LogP contribution in [-0.2, 0) is 4.79 Å². The lowest BCUT2D eigenvalue weighted by atomic mass is 9.94. The van der Waals surface area contributed by atoms with Crippen LogP contribution in [0.3, 0.4) is 0 Å². The predicted octanol–water partition coefficient (Wildman–Crippen LogP) is 6.01. The maximum atomic E-state index is 11.4. The van der Waals surface area contributed by atoms with E-state index in [-0.39, 0.29) is 5.78 Å². The van der Waals surface area contributed by atoms with Crippen LogP contribution in [0, 0.1) is 0 Å². The van der Waals surface area contributed by atoms with Gasteiger partial charge < -0.3 is 4.79 Å². The number of thiophene rings is 1. The van der Waals surface area contributed by atoms with Gasteiger partial charge in [-0.2, -0.15) is 0 Å². The van der Waals surface area contributed by atoms with Crippen molar-refractivity contribution in [2.75, 3.05) is 0 Å². The van der Waals surface area contributed by atoms with Gasteiger partial charge >= 0.3 is 0 Å². The van der Waals surface area contributed by atoms with Gasteiger partial charge in [0.2, 0.25) is 0 Å². The summed E-state index contributed by atoms with van der Waals surface area (Å²) in [5.74, 6) is 1.35. The summed E-state index contributed by atoms with van der Waals surface area (Å²) < 4.78 is 2.72. The zero-order valence-electron chi connectivity index (χ0n) is 13.1. The maximum absolute atomic E-state index is 11.4. The normalized spacial score (nSPS) is 16.3. The average Bonchev–Trinajstić information content (AvgIpc) is 3.27. The Bertz CT molecular complexity index is 870. The third-order valence-electron chi connectivity index (χ3n) is 4.73. The molecule has 112 valence electrons. The molecule has 0 saturated heterocycles. The zero-order chi connectivity index (χ0) is 15.3. The van der Waals surface area contributed by atoms with Crippen molar-refractivity contribution < 1.29 is 4.79 Å². The number of carbonyl (C=O) groups excluding carboxylic acids is 1. The lowest BCUT2D eigenvalue weighted by Gasteiger charge is -2.10. The van der Waals surface area contributed by atoms with E-state index in [1.165, 1.54) is 44.1 Å². The Balaban J connectivity index is 1.84. The van der Waals surface area contributed by atoms with Gasteiger partial charge in [0.05, 0.1) is 0 Å². The van der Waals surface area contributed by atoms with E-state index in [9.17, 15) is 4.79 Å². The Hall–Kier alpha value is -1.67. The molecule has 0 bridgehead atoms. The molecule has 4 rings (SSSR count). The Labute approximate surface area is 135 Å². The molecule has 22 heavy (non-hydrogen) atoms. The Morgan fingerprint density at radius 2 is 1.82 bits per heavy atom. The highest BCUT2D eigenvalue weighted by Crippen LogP contribution is 2.43. The number of carbonyl (C=O) groups is 1. The fourth-order valence-electron chi connectivity index (χ4n) is 3.34. The number of rotatable bonds is 4. The van der Waals surface area contributed by atoms with Crippen molar-refractivity contribution in [2.24, 2.45) is 0 Å². The van der Waals surface area contributed by atoms with E-state index in [0.29, 0.717) is 12.3 Å². The molecule has 1 unspecified atom stereocenters. The predicted molar refractivity (Wildman–Crippen MR) is 95.0 cm³/mol. The topological polar surface area (TPSA) is 17.1 Å². The first-order chi connectivity index (χ1) is 10.6. The third kappa shape index (κ3) is 2.46. The van der Waals surface area contributed by atoms with E-state index in [4.69, 9.17) is 0 Å². The van der Waals surface area contributed by atoms with Gasteiger partial charge in [-0.05, 0) is 67.0 Å². The summed E-state index contributed by atoms with van der Waals surface area (Å²) in [5, 5.41) is 2.75. The van der Waals surface area contributed by atoms with Crippen LogP contribution in [0.25, 0.3) is 20.2 Å². The summed E-state index contributed by atoms with van der Waals surface area (Å²) in [6.07, 6.45) is 3.31. The van der Waals surface area contributed by atoms with Crippen molar-refractivity contribution in [1.82, 2.24) is 0 Å². The van der Waals surface area contributed by atoms with Crippen molar-refractivity contribution in [3.05, 3.63) is 47.5 Å². The highest BCUT2D eigenvalue weighted by atomic mass is 32.1. The molecule has 0 radical (unpaired) electrons. The van der Waals surface area contributed by atoms with E-state index in [1.807, 2.05) is 11.3 Å². The highest BCUT2D eigenvalue weighted by Gasteiger charge is 2.24. The standard InChI is InChI=1S/C20H20OS/c1-12(9-13(2)21)15-5-7-19-17(10-15)18-11-16(14-3-4-14)6-8-20(18)22-19/h5-8,10-12,14H,3-4,9H2,1-2H3. The van der Waals surface area contributed by atoms with Gasteiger partial charge in [-0.1, -0.05) is 19.1 Å². The number of ketones is 1. The minimum atomic E-state index is 0.263. The lowest BCUT2D eigenvalue weighted by molar-refractivity contribution is -0.117. The lowest BCUT2D eigenvalue weighted by Crippen LogP contribution is -1.99. The molecule has 0 aliphatic heterocycles. The van der Waals surface area contributed by atoms with Crippen LogP contribution in [0.1, 0.15) is 56.1 Å². The summed E-state index contributed by atoms with van der Waals surface area (Å²) in [6, 6.07) is 13.7. The Kier molecular flexibility index (Phi) is 3.30. The maximum Gasteiger partial charge on any atom is 0.130 e. The molecule has 0 spiro atoms. The van der Waals surface area contributed by atoms with Crippen molar-refractivity contribution in [3.63, 3.8) is 0 Å². The molecule has 1 atom stereocenters. The summed E-state index contributed by atoms with van der Waals surface area (Å²) in [5.41, 5.74) is 2.77. The second-order valence-corrected chi connectivity index (χ2v) is 7.78. The monoisotopic (exact) mass is 308 g/mol. The van der Waals surface area contributed by atoms with Crippen molar-refractivity contribution >= 4 is 37.3 Å². The Morgan fingerprint density at radius 3 is 2.50 bits per heavy atom. The van der Waals surface area contributed by atoms with Gasteiger partial charge in [0, 0.05) is 26.6 Å². The molecule has 1 aromatic heterocycles. The van der Waals surface area contributed by atoms with E-state index in [0.717, 1.165) is 5.92 Å². The van der Waals surface area contributed by atoms with E-state index < -0.39 is 0 Å². The summed E-state index contributed by atoms with van der Waals surface area (Å²) in [4.78, 5) is 11.4. The van der Waals surface area contributed by atoms with Gasteiger partial charge in [0.25, 0.3) is 0 Å². The van der Waals surface area contributed by atoms with Gasteiger partial charge in [-0.15, -0.1) is 11.3 Å². The third-order valence-corrected chi connectivity index (χ3v) is 5.88. The first-order valence-electron chi connectivity index (χ1n) is 8.07. The van der Waals surface area contributed by atoms with Crippen LogP contribution in [0.5, 0.6) is 0 Å². The van der Waals surface area contributed by atoms with Crippen LogP contribution in [0.4, 0.5) is 0 Å². The van der Waals surface area contributed by atoms with Gasteiger partial charge in [0.15, 0.2) is 0 Å². The molecule has 1 nitrogen and oxygen atoms in total. The molecule has 1 heterocycles. The molecule has 2 aromatic carbocycles. The number of fused-ring (bicyclic) bond motifs is 3. The summed E-state index contributed by atoms with van der Waals surface area (Å²) >= 11 is 1.87. The molecule has 3 aromatic rings. The summed E-state index contributed by atoms with van der Waals surface area (Å²) in [7, 11) is 0. The van der Waals surface area contributed by atoms with Crippen LogP contribution in [0.15, 0.2) is 36.4 Å². The van der Waals surface area contributed by atoms with Gasteiger partial charge in [0.1, 0.15) is 5.78 Å². The van der Waals surface area contributed by atoms with Crippen LogP contribution in [0.2, 0.25) is 0 Å². The van der Waals surface area contributed by atoms with Crippen molar-refractivity contribution in [2.45, 2.75) is 44.9 Å². The molecule has 1 saturated carbocycles. The molecular weight excluding hydrogens is 288 g/mol. The molecule has 0 N–H and O–H groups in total. The first-order valence-corrected chi connectivity index (χ1v) is 8.89. The van der Waals surface area contributed by atoms with Gasteiger partial charge in [-0.3, -0.25) is 0 Å². The van der Waals surface area contributed by atoms with Crippen molar-refractivity contribution in [3.8, 4) is 0 Å². The zero-order valence-corrected chi connectivity index (χ0v) is 13.9. The molecule has 1 aliphatic carbocycles. The summed E-state index contributed by atoms with van der Waals surface area (Å²) in [6.45, 7) is 3.82. The molecule has 1 aliphatic rings. The van der Waals surface area contributed by atoms with E-state index in [1.54, 1.807) is 6.92 Å². The second kappa shape index (κ2) is 5.20. The second-order valence-electron chi connectivity index (χ2n) is 6.69. The van der Waals surface area contributed by atoms with Crippen molar-refractivity contribution in [1.29, 1.82) is 0 Å². The van der Waals surface area contributed by atoms with Crippen LogP contribution in [-0.4, -0.2) is 5.78 Å². The van der Waals surface area contributed by atoms with Crippen LogP contribution < -0.4 is 0 Å². The van der Waals surface area contributed by atoms with E-state index in [2.05, 4.69) is 43.3 Å². The average molecular weight is 308 g/mol. The van der Waals surface area contributed by atoms with E-state index >= 15 is 0 Å². The smallest absolute Gasteiger partial charge is 0.130 e. The molecule has 0 amide bonds. The fraction of sp³-hybridized carbons (Fsp3) is 0.350. The number of benzene rings is 2. The quantitative estimate of drug-likeness (QED) is 0.576. The van der Waals surface area contributed by atoms with Gasteiger partial charge in [-0.25, -0.2) is 0 Å². The largest absolute Gasteiger partial charge is 0.300 e. The minimum Gasteiger partial charge on any atom is -0.300 e. The number of hydrogen-bond acceptors (Lipinski definition) is 2. The first kappa shape index (κ1) is 14.0. The molecule has 2 heteroatoms. The SMILES string of the molecule is CC(=O)CC(C)c1ccc2sc3ccc(C4CC4)cc3c2c1.